The maximum Gasteiger partial charge on any atom is 0.327 e. The molecule has 88 valence electrons. The smallest absolute Gasteiger partial charge is 0.327 e. The molecule has 2 rings (SSSR count). The van der Waals surface area contributed by atoms with E-state index in [9.17, 15) is 9.59 Å². The fourth-order valence-electron chi connectivity index (χ4n) is 2.16. The summed E-state index contributed by atoms with van der Waals surface area (Å²) < 4.78 is 4.34. The first kappa shape index (κ1) is 11.3. The number of thioether (sulfide) groups is 1. The number of hydrogen-bond donors (Lipinski definition) is 1. The van der Waals surface area contributed by atoms with Crippen LogP contribution in [0.2, 0.25) is 0 Å². The predicted octanol–water partition coefficient (Wildman–Crippen LogP) is 0.664. The third-order valence-electron chi connectivity index (χ3n) is 2.83. The molecule has 2 aliphatic rings. The zero-order valence-electron chi connectivity index (χ0n) is 9.26. The van der Waals surface area contributed by atoms with Crippen LogP contribution in [0.4, 0.5) is 0 Å². The minimum Gasteiger partial charge on any atom is -0.504 e. The van der Waals surface area contributed by atoms with Crippen molar-refractivity contribution in [2.24, 2.45) is 0 Å². The molecule has 2 saturated heterocycles. The molecule has 0 bridgehead atoms. The van der Waals surface area contributed by atoms with E-state index < -0.39 is 16.8 Å². The van der Waals surface area contributed by atoms with Gasteiger partial charge in [0.2, 0.25) is 0 Å². The van der Waals surface area contributed by atoms with Crippen LogP contribution in [0.15, 0.2) is 11.8 Å². The average molecular weight is 243 g/mol. The number of aliphatic carboxylic acids is 1. The normalized spacial score (nSPS) is 33.6. The van der Waals surface area contributed by atoms with Gasteiger partial charge in [0.15, 0.2) is 0 Å². The van der Waals surface area contributed by atoms with Crippen molar-refractivity contribution in [3.05, 3.63) is 11.8 Å². The number of carboxylic acid groups (broad SMARTS) is 1. The van der Waals surface area contributed by atoms with Gasteiger partial charge in [0.05, 0.1) is 18.9 Å². The van der Waals surface area contributed by atoms with Gasteiger partial charge in [-0.25, -0.2) is 4.79 Å². The van der Waals surface area contributed by atoms with E-state index in [2.05, 4.69) is 0 Å². The average Bonchev–Trinajstić information content (AvgIpc) is 2.43. The number of carbonyl (C=O) groups excluding carboxylic acids is 1. The molecule has 2 atom stereocenters. The summed E-state index contributed by atoms with van der Waals surface area (Å²) in [7, 11) is 1.47. The second-order valence-electron chi connectivity index (χ2n) is 4.34. The summed E-state index contributed by atoms with van der Waals surface area (Å²) in [6, 6.07) is -0.760. The van der Waals surface area contributed by atoms with E-state index in [0.29, 0.717) is 5.57 Å². The van der Waals surface area contributed by atoms with E-state index in [0.717, 1.165) is 0 Å². The van der Waals surface area contributed by atoms with Gasteiger partial charge in [-0.1, -0.05) is 0 Å². The van der Waals surface area contributed by atoms with Crippen LogP contribution in [0.5, 0.6) is 0 Å². The lowest BCUT2D eigenvalue weighted by atomic mass is 9.96. The maximum absolute atomic E-state index is 11.7. The summed E-state index contributed by atoms with van der Waals surface area (Å²) in [5.41, 5.74) is 0.546. The summed E-state index contributed by atoms with van der Waals surface area (Å²) in [5, 5.41) is 8.97. The molecule has 2 aliphatic heterocycles. The molecule has 0 radical (unpaired) electrons. The number of fused-ring (bicyclic) bond motifs is 1. The second kappa shape index (κ2) is 3.41. The zero-order chi connectivity index (χ0) is 12.1. The lowest BCUT2D eigenvalue weighted by Crippen LogP contribution is -2.58. The van der Waals surface area contributed by atoms with Crippen LogP contribution in [0.1, 0.15) is 13.8 Å². The van der Waals surface area contributed by atoms with Crippen molar-refractivity contribution in [1.29, 1.82) is 0 Å². The van der Waals surface area contributed by atoms with Crippen molar-refractivity contribution in [3.8, 4) is 0 Å². The Morgan fingerprint density at radius 1 is 1.62 bits per heavy atom. The van der Waals surface area contributed by atoms with Crippen LogP contribution >= 0.6 is 11.8 Å². The highest BCUT2D eigenvalue weighted by molar-refractivity contribution is 8.01. The highest BCUT2D eigenvalue weighted by atomic mass is 32.2. The molecule has 0 aromatic heterocycles. The van der Waals surface area contributed by atoms with E-state index in [1.54, 1.807) is 0 Å². The first-order chi connectivity index (χ1) is 7.40. The Labute approximate surface area is 97.4 Å². The number of nitrogens with zero attached hydrogens (tertiary/aromatic N) is 1. The number of carboxylic acids is 1. The van der Waals surface area contributed by atoms with Gasteiger partial charge in [-0.2, -0.15) is 0 Å². The van der Waals surface area contributed by atoms with Gasteiger partial charge in [-0.05, 0) is 13.8 Å². The van der Waals surface area contributed by atoms with Crippen molar-refractivity contribution < 1.29 is 19.4 Å². The highest BCUT2D eigenvalue weighted by Gasteiger charge is 2.61. The Hall–Kier alpha value is -1.17. The highest BCUT2D eigenvalue weighted by Crippen LogP contribution is 2.52. The molecule has 1 N–H and O–H groups in total. The standard InChI is InChI=1S/C10H13NO4S/c1-10(2)6(9(13)14)11-7(12)5(4-15-3)8(11)16-10/h4,6,8H,1-3H3,(H,13,14)/b5-4-/t6-,8+/m0/s1. The summed E-state index contributed by atoms with van der Waals surface area (Å²) in [6.07, 6.45) is 1.40. The molecular weight excluding hydrogens is 230 g/mol. The lowest BCUT2D eigenvalue weighted by Gasteiger charge is -2.38. The Kier molecular flexibility index (Phi) is 2.41. The molecule has 0 aromatic carbocycles. The Balaban J connectivity index is 2.32. The number of amides is 1. The van der Waals surface area contributed by atoms with E-state index in [1.807, 2.05) is 13.8 Å². The first-order valence-corrected chi connectivity index (χ1v) is 5.74. The Morgan fingerprint density at radius 3 is 2.75 bits per heavy atom. The second-order valence-corrected chi connectivity index (χ2v) is 6.07. The van der Waals surface area contributed by atoms with Crippen LogP contribution in [-0.4, -0.2) is 45.2 Å². The molecule has 16 heavy (non-hydrogen) atoms. The third kappa shape index (κ3) is 1.32. The quantitative estimate of drug-likeness (QED) is 0.438. The fourth-order valence-corrected chi connectivity index (χ4v) is 3.69. The monoisotopic (exact) mass is 243 g/mol. The number of hydrogen-bond acceptors (Lipinski definition) is 4. The molecule has 0 spiro atoms. The Morgan fingerprint density at radius 2 is 2.25 bits per heavy atom. The molecule has 0 unspecified atom stereocenters. The van der Waals surface area contributed by atoms with E-state index in [1.165, 1.54) is 30.0 Å². The summed E-state index contributed by atoms with van der Waals surface area (Å²) in [5.74, 6) is -1.19. The molecule has 1 amide bonds. The number of carbonyl (C=O) groups is 2. The largest absolute Gasteiger partial charge is 0.504 e. The first-order valence-electron chi connectivity index (χ1n) is 4.86. The van der Waals surface area contributed by atoms with Gasteiger partial charge < -0.3 is 14.7 Å². The number of rotatable bonds is 2. The van der Waals surface area contributed by atoms with Crippen molar-refractivity contribution >= 4 is 23.6 Å². The maximum atomic E-state index is 11.7. The molecule has 0 saturated carbocycles. The van der Waals surface area contributed by atoms with Crippen molar-refractivity contribution in [2.75, 3.05) is 7.11 Å². The SMILES string of the molecule is CO/C=C1/C(=O)N2[C@@H]1SC(C)(C)[C@@H]2C(=O)O. The molecule has 0 aromatic rings. The van der Waals surface area contributed by atoms with Crippen molar-refractivity contribution in [2.45, 2.75) is 30.0 Å². The van der Waals surface area contributed by atoms with E-state index in [-0.39, 0.29) is 11.3 Å². The van der Waals surface area contributed by atoms with Crippen LogP contribution < -0.4 is 0 Å². The minimum absolute atomic E-state index is 0.177. The predicted molar refractivity (Wildman–Crippen MR) is 58.8 cm³/mol. The van der Waals surface area contributed by atoms with E-state index >= 15 is 0 Å². The molecule has 2 fully saturated rings. The summed E-state index contributed by atoms with van der Waals surface area (Å²) >= 11 is 1.48. The molecule has 5 nitrogen and oxygen atoms in total. The molecule has 0 aliphatic carbocycles. The zero-order valence-corrected chi connectivity index (χ0v) is 10.1. The number of ether oxygens (including phenoxy) is 1. The Bertz CT molecular complexity index is 390. The van der Waals surface area contributed by atoms with Crippen LogP contribution in [0, 0.1) is 0 Å². The summed E-state index contributed by atoms with van der Waals surface area (Å²) in [4.78, 5) is 24.3. The van der Waals surface area contributed by atoms with Crippen LogP contribution in [-0.2, 0) is 14.3 Å². The van der Waals surface area contributed by atoms with Crippen molar-refractivity contribution in [1.82, 2.24) is 4.90 Å². The van der Waals surface area contributed by atoms with Crippen LogP contribution in [0.3, 0.4) is 0 Å². The minimum atomic E-state index is -0.954. The number of methoxy groups -OCH3 is 1. The lowest BCUT2D eigenvalue weighted by molar-refractivity contribution is -0.152. The number of β-lactam (4-membered cyclic amide) rings is 1. The van der Waals surface area contributed by atoms with Crippen LogP contribution in [0.25, 0.3) is 0 Å². The topological polar surface area (TPSA) is 66.8 Å². The fraction of sp³-hybridized carbons (Fsp3) is 0.600. The third-order valence-corrected chi connectivity index (χ3v) is 4.37. The van der Waals surface area contributed by atoms with Gasteiger partial charge in [-0.3, -0.25) is 4.79 Å². The molecule has 2 heterocycles. The molecule has 6 heteroatoms. The van der Waals surface area contributed by atoms with Gasteiger partial charge in [0, 0.05) is 4.75 Å². The van der Waals surface area contributed by atoms with Gasteiger partial charge in [0.1, 0.15) is 11.4 Å². The van der Waals surface area contributed by atoms with Gasteiger partial charge in [0.25, 0.3) is 5.91 Å². The van der Waals surface area contributed by atoms with Crippen molar-refractivity contribution in [3.63, 3.8) is 0 Å². The van der Waals surface area contributed by atoms with Gasteiger partial charge >= 0.3 is 5.97 Å². The summed E-state index contributed by atoms with van der Waals surface area (Å²) in [6.45, 7) is 3.68. The molecular formula is C10H13NO4S. The van der Waals surface area contributed by atoms with Gasteiger partial charge in [-0.15, -0.1) is 11.8 Å². The van der Waals surface area contributed by atoms with E-state index in [4.69, 9.17) is 9.84 Å².